The fraction of sp³-hybridized carbons (Fsp3) is 0.647. The minimum absolute atomic E-state index is 0.0804. The van der Waals surface area contributed by atoms with Gasteiger partial charge in [-0.25, -0.2) is 9.98 Å². The number of guanidine groups is 1. The van der Waals surface area contributed by atoms with Crippen molar-refractivity contribution in [3.63, 3.8) is 0 Å². The highest BCUT2D eigenvalue weighted by Gasteiger charge is 2.17. The van der Waals surface area contributed by atoms with Crippen molar-refractivity contribution in [2.45, 2.75) is 59.5 Å². The molecule has 8 heteroatoms. The number of thiazole rings is 1. The summed E-state index contributed by atoms with van der Waals surface area (Å²) in [4.78, 5) is 9.33. The first-order chi connectivity index (χ1) is 11.9. The summed E-state index contributed by atoms with van der Waals surface area (Å²) in [5.74, 6) is 1.81. The van der Waals surface area contributed by atoms with Gasteiger partial charge in [0.1, 0.15) is 17.2 Å². The van der Waals surface area contributed by atoms with E-state index in [2.05, 4.69) is 70.4 Å². The summed E-state index contributed by atoms with van der Waals surface area (Å²) >= 11 is 1.67. The molecule has 7 nitrogen and oxygen atoms in total. The van der Waals surface area contributed by atoms with Gasteiger partial charge in [0.2, 0.25) is 0 Å². The van der Waals surface area contributed by atoms with E-state index in [-0.39, 0.29) is 5.41 Å². The van der Waals surface area contributed by atoms with Crippen molar-refractivity contribution in [2.75, 3.05) is 13.1 Å². The Morgan fingerprint density at radius 2 is 2.08 bits per heavy atom. The van der Waals surface area contributed by atoms with Crippen LogP contribution in [0.25, 0.3) is 0 Å². The highest BCUT2D eigenvalue weighted by atomic mass is 32.1. The van der Waals surface area contributed by atoms with Crippen LogP contribution in [-0.4, -0.2) is 38.8 Å². The van der Waals surface area contributed by atoms with Gasteiger partial charge in [-0.3, -0.25) is 0 Å². The first-order valence-electron chi connectivity index (χ1n) is 8.77. The van der Waals surface area contributed by atoms with Crippen LogP contribution in [0.15, 0.2) is 16.7 Å². The van der Waals surface area contributed by atoms with E-state index in [0.717, 1.165) is 48.5 Å². The zero-order valence-electron chi connectivity index (χ0n) is 15.8. The smallest absolute Gasteiger partial charge is 0.191 e. The maximum atomic E-state index is 4.69. The summed E-state index contributed by atoms with van der Waals surface area (Å²) in [5.41, 5.74) is 1.21. The summed E-state index contributed by atoms with van der Waals surface area (Å²) in [7, 11) is 0. The Hall–Kier alpha value is -1.96. The second kappa shape index (κ2) is 8.94. The lowest BCUT2D eigenvalue weighted by Gasteiger charge is -2.14. The van der Waals surface area contributed by atoms with Gasteiger partial charge < -0.3 is 15.2 Å². The molecule has 0 atom stereocenters. The molecule has 0 saturated heterocycles. The van der Waals surface area contributed by atoms with Crippen molar-refractivity contribution in [2.24, 2.45) is 4.99 Å². The summed E-state index contributed by atoms with van der Waals surface area (Å²) in [5, 5.41) is 17.9. The summed E-state index contributed by atoms with van der Waals surface area (Å²) in [6, 6.07) is 0. The monoisotopic (exact) mass is 363 g/mol. The van der Waals surface area contributed by atoms with Crippen LogP contribution in [0, 0.1) is 0 Å². The SMILES string of the molecule is CCNC(=NCc1nc(C(C)(C)C)cs1)NCCn1cnnc1CC. The topological polar surface area (TPSA) is 80.0 Å². The highest BCUT2D eigenvalue weighted by molar-refractivity contribution is 7.09. The number of aryl methyl sites for hydroxylation is 1. The molecule has 2 N–H and O–H groups in total. The van der Waals surface area contributed by atoms with Crippen molar-refractivity contribution >= 4 is 17.3 Å². The van der Waals surface area contributed by atoms with Crippen molar-refractivity contribution in [3.8, 4) is 0 Å². The van der Waals surface area contributed by atoms with Crippen LogP contribution in [0.2, 0.25) is 0 Å². The van der Waals surface area contributed by atoms with Crippen molar-refractivity contribution in [3.05, 3.63) is 28.2 Å². The molecule has 2 aromatic heterocycles. The minimum atomic E-state index is 0.0804. The fourth-order valence-corrected chi connectivity index (χ4v) is 3.19. The van der Waals surface area contributed by atoms with E-state index in [9.17, 15) is 0 Å². The van der Waals surface area contributed by atoms with Crippen molar-refractivity contribution in [1.29, 1.82) is 0 Å². The zero-order chi connectivity index (χ0) is 18.3. The maximum absolute atomic E-state index is 4.69. The van der Waals surface area contributed by atoms with E-state index in [1.54, 1.807) is 17.7 Å². The Balaban J connectivity index is 1.90. The minimum Gasteiger partial charge on any atom is -0.357 e. The molecule has 25 heavy (non-hydrogen) atoms. The van der Waals surface area contributed by atoms with Gasteiger partial charge in [0.25, 0.3) is 0 Å². The van der Waals surface area contributed by atoms with E-state index in [4.69, 9.17) is 4.98 Å². The largest absolute Gasteiger partial charge is 0.357 e. The van der Waals surface area contributed by atoms with E-state index < -0.39 is 0 Å². The van der Waals surface area contributed by atoms with Gasteiger partial charge >= 0.3 is 0 Å². The maximum Gasteiger partial charge on any atom is 0.191 e. The molecule has 2 rings (SSSR count). The lowest BCUT2D eigenvalue weighted by molar-refractivity contribution is 0.571. The molecule has 138 valence electrons. The van der Waals surface area contributed by atoms with Gasteiger partial charge in [0.05, 0.1) is 12.2 Å². The van der Waals surface area contributed by atoms with Gasteiger partial charge in [-0.2, -0.15) is 0 Å². The normalized spacial score (nSPS) is 12.4. The Kier molecular flexibility index (Phi) is 6.92. The molecule has 0 unspecified atom stereocenters. The van der Waals surface area contributed by atoms with Gasteiger partial charge in [0.15, 0.2) is 5.96 Å². The molecule has 0 bridgehead atoms. The summed E-state index contributed by atoms with van der Waals surface area (Å²) in [6.07, 6.45) is 2.66. The predicted molar refractivity (Wildman–Crippen MR) is 103 cm³/mol. The van der Waals surface area contributed by atoms with Crippen LogP contribution >= 0.6 is 11.3 Å². The van der Waals surface area contributed by atoms with E-state index in [1.807, 2.05) is 0 Å². The number of nitrogens with zero attached hydrogens (tertiary/aromatic N) is 5. The standard InChI is InChI=1S/C17H29N7S/c1-6-14-23-21-12-24(14)9-8-19-16(18-7-2)20-10-15-22-13(11-25-15)17(3,4)5/h11-12H,6-10H2,1-5H3,(H2,18,19,20). The number of hydrogen-bond donors (Lipinski definition) is 2. The highest BCUT2D eigenvalue weighted by Crippen LogP contribution is 2.24. The second-order valence-corrected chi connectivity index (χ2v) is 7.74. The number of rotatable bonds is 7. The van der Waals surface area contributed by atoms with Crippen LogP contribution in [-0.2, 0) is 24.9 Å². The van der Waals surface area contributed by atoms with Crippen LogP contribution < -0.4 is 10.6 Å². The number of hydrogen-bond acceptors (Lipinski definition) is 5. The third kappa shape index (κ3) is 5.81. The van der Waals surface area contributed by atoms with Gasteiger partial charge in [0, 0.05) is 36.9 Å². The fourth-order valence-electron chi connectivity index (χ4n) is 2.25. The lowest BCUT2D eigenvalue weighted by Crippen LogP contribution is -2.38. The molecule has 0 saturated carbocycles. The first-order valence-corrected chi connectivity index (χ1v) is 9.65. The number of nitrogens with one attached hydrogen (secondary N) is 2. The van der Waals surface area contributed by atoms with Crippen LogP contribution in [0.5, 0.6) is 0 Å². The Morgan fingerprint density at radius 3 is 2.72 bits per heavy atom. The van der Waals surface area contributed by atoms with Gasteiger partial charge in [-0.05, 0) is 6.92 Å². The molecule has 0 aliphatic heterocycles. The molecule has 0 aliphatic carbocycles. The predicted octanol–water partition coefficient (Wildman–Crippen LogP) is 2.35. The van der Waals surface area contributed by atoms with E-state index >= 15 is 0 Å². The average Bonchev–Trinajstić information content (AvgIpc) is 3.21. The quantitative estimate of drug-likeness (QED) is 0.583. The van der Waals surface area contributed by atoms with E-state index in [1.165, 1.54) is 0 Å². The Labute approximate surface area is 154 Å². The second-order valence-electron chi connectivity index (χ2n) is 6.79. The van der Waals surface area contributed by atoms with Gasteiger partial charge in [-0.1, -0.05) is 27.7 Å². The summed E-state index contributed by atoms with van der Waals surface area (Å²) in [6.45, 7) is 13.7. The third-order valence-electron chi connectivity index (χ3n) is 3.69. The van der Waals surface area contributed by atoms with Crippen molar-refractivity contribution < 1.29 is 0 Å². The molecule has 0 aliphatic rings. The number of aliphatic imine (C=N–C) groups is 1. The van der Waals surface area contributed by atoms with Crippen molar-refractivity contribution in [1.82, 2.24) is 30.4 Å². The van der Waals surface area contributed by atoms with Crippen LogP contribution in [0.1, 0.15) is 51.1 Å². The van der Waals surface area contributed by atoms with Crippen LogP contribution in [0.4, 0.5) is 0 Å². The molecule has 0 aromatic carbocycles. The zero-order valence-corrected chi connectivity index (χ0v) is 16.7. The first kappa shape index (κ1) is 19.4. The molecule has 2 heterocycles. The van der Waals surface area contributed by atoms with E-state index in [0.29, 0.717) is 6.54 Å². The summed E-state index contributed by atoms with van der Waals surface area (Å²) < 4.78 is 2.06. The molecule has 0 spiro atoms. The lowest BCUT2D eigenvalue weighted by atomic mass is 9.93. The molecular weight excluding hydrogens is 334 g/mol. The Morgan fingerprint density at radius 1 is 1.28 bits per heavy atom. The number of aromatic nitrogens is 4. The third-order valence-corrected chi connectivity index (χ3v) is 4.53. The average molecular weight is 364 g/mol. The molecule has 0 fully saturated rings. The molecule has 0 radical (unpaired) electrons. The molecule has 2 aromatic rings. The van der Waals surface area contributed by atoms with Gasteiger partial charge in [-0.15, -0.1) is 21.5 Å². The molecule has 0 amide bonds. The Bertz CT molecular complexity index is 681. The molecular formula is C17H29N7S. The van der Waals surface area contributed by atoms with Crippen LogP contribution in [0.3, 0.4) is 0 Å².